The molecule has 2 amide bonds. The highest BCUT2D eigenvalue weighted by molar-refractivity contribution is 5.92. The van der Waals surface area contributed by atoms with Crippen LogP contribution in [0.15, 0.2) is 78.9 Å². The number of rotatable bonds is 8. The van der Waals surface area contributed by atoms with E-state index >= 15 is 0 Å². The zero-order chi connectivity index (χ0) is 25.7. The number of carboxylic acid groups (broad SMARTS) is 1. The van der Waals surface area contributed by atoms with E-state index in [1.807, 2.05) is 42.5 Å². The number of carbonyl (C=O) groups excluding carboxylic acids is 2. The molecule has 3 aromatic rings. The summed E-state index contributed by atoms with van der Waals surface area (Å²) in [5.41, 5.74) is 9.69. The van der Waals surface area contributed by atoms with Gasteiger partial charge in [-0.2, -0.15) is 0 Å². The fourth-order valence-corrected chi connectivity index (χ4v) is 4.49. The number of nitrogens with two attached hydrogens (primary N) is 1. The number of hydrogen-bond acceptors (Lipinski definition) is 5. The molecule has 0 bridgehead atoms. The minimum atomic E-state index is -1.15. The van der Waals surface area contributed by atoms with Gasteiger partial charge in [0.2, 0.25) is 11.8 Å². The van der Waals surface area contributed by atoms with Crippen molar-refractivity contribution in [1.29, 1.82) is 0 Å². The second-order valence-electron chi connectivity index (χ2n) is 9.02. The number of nitrogens with one attached hydrogen (secondary N) is 1. The third kappa shape index (κ3) is 5.90. The van der Waals surface area contributed by atoms with Gasteiger partial charge in [-0.15, -0.1) is 0 Å². The Morgan fingerprint density at radius 2 is 1.50 bits per heavy atom. The van der Waals surface area contributed by atoms with Gasteiger partial charge in [0, 0.05) is 19.4 Å². The van der Waals surface area contributed by atoms with Gasteiger partial charge in [0.1, 0.15) is 17.8 Å². The van der Waals surface area contributed by atoms with E-state index < -0.39 is 35.9 Å². The number of phenolic OH excluding ortho intramolecular Hbond substituents is 1. The van der Waals surface area contributed by atoms with Crippen LogP contribution in [-0.4, -0.2) is 51.0 Å². The van der Waals surface area contributed by atoms with Gasteiger partial charge in [-0.05, 0) is 40.8 Å². The van der Waals surface area contributed by atoms with Crippen molar-refractivity contribution < 1.29 is 24.6 Å². The number of carboxylic acids is 1. The van der Waals surface area contributed by atoms with Crippen molar-refractivity contribution in [3.8, 4) is 5.75 Å². The fraction of sp³-hybridized carbons (Fsp3) is 0.250. The van der Waals surface area contributed by atoms with Crippen molar-refractivity contribution in [3.63, 3.8) is 0 Å². The molecule has 8 nitrogen and oxygen atoms in total. The number of carbonyl (C=O) groups is 3. The van der Waals surface area contributed by atoms with E-state index in [0.29, 0.717) is 0 Å². The average Bonchev–Trinajstić information content (AvgIpc) is 2.88. The Morgan fingerprint density at radius 1 is 0.889 bits per heavy atom. The van der Waals surface area contributed by atoms with E-state index in [4.69, 9.17) is 5.73 Å². The van der Waals surface area contributed by atoms with Gasteiger partial charge in [-0.1, -0.05) is 66.7 Å². The maximum absolute atomic E-state index is 13.5. The van der Waals surface area contributed by atoms with Crippen LogP contribution in [0.3, 0.4) is 0 Å². The highest BCUT2D eigenvalue weighted by Gasteiger charge is 2.37. The lowest BCUT2D eigenvalue weighted by Crippen LogP contribution is -2.58. The number of fused-ring (bicyclic) bond motifs is 1. The molecule has 0 fully saturated rings. The zero-order valence-electron chi connectivity index (χ0n) is 19.7. The maximum Gasteiger partial charge on any atom is 0.326 e. The largest absolute Gasteiger partial charge is 0.508 e. The summed E-state index contributed by atoms with van der Waals surface area (Å²) in [6.07, 6.45) is 0.619. The molecule has 1 heterocycles. The Balaban J connectivity index is 1.54. The predicted octanol–water partition coefficient (Wildman–Crippen LogP) is 2.03. The van der Waals surface area contributed by atoms with Crippen LogP contribution in [0, 0.1) is 0 Å². The Kier molecular flexibility index (Phi) is 7.65. The van der Waals surface area contributed by atoms with Crippen LogP contribution in [-0.2, 0) is 40.2 Å². The molecule has 0 spiro atoms. The van der Waals surface area contributed by atoms with Crippen LogP contribution in [0.2, 0.25) is 0 Å². The number of benzene rings is 3. The predicted molar refractivity (Wildman–Crippen MR) is 134 cm³/mol. The van der Waals surface area contributed by atoms with Gasteiger partial charge in [-0.3, -0.25) is 9.59 Å². The molecule has 3 unspecified atom stereocenters. The van der Waals surface area contributed by atoms with Gasteiger partial charge in [0.25, 0.3) is 0 Å². The third-order valence-corrected chi connectivity index (χ3v) is 6.44. The lowest BCUT2D eigenvalue weighted by atomic mass is 9.92. The maximum atomic E-state index is 13.5. The molecule has 1 aliphatic heterocycles. The van der Waals surface area contributed by atoms with Crippen LogP contribution in [0.1, 0.15) is 22.3 Å². The van der Waals surface area contributed by atoms with E-state index in [-0.39, 0.29) is 31.6 Å². The summed E-state index contributed by atoms with van der Waals surface area (Å²) in [5.74, 6) is -1.96. The number of aliphatic carboxylic acids is 1. The summed E-state index contributed by atoms with van der Waals surface area (Å²) >= 11 is 0. The monoisotopic (exact) mass is 487 g/mol. The number of phenols is 1. The van der Waals surface area contributed by atoms with Crippen LogP contribution in [0.25, 0.3) is 0 Å². The minimum absolute atomic E-state index is 0.117. The lowest BCUT2D eigenvalue weighted by Gasteiger charge is -2.37. The molecule has 0 radical (unpaired) electrons. The molecule has 186 valence electrons. The van der Waals surface area contributed by atoms with Crippen molar-refractivity contribution in [3.05, 3.63) is 101 Å². The zero-order valence-corrected chi connectivity index (χ0v) is 19.7. The Labute approximate surface area is 209 Å². The Bertz CT molecular complexity index is 1230. The SMILES string of the molecule is NC(Cc1ccc(O)cc1)C(=O)N1Cc2ccccc2CC1C(=O)NC(Cc1ccccc1)C(=O)O. The molecule has 0 saturated heterocycles. The molecule has 5 N–H and O–H groups in total. The molecule has 0 aliphatic carbocycles. The second-order valence-corrected chi connectivity index (χ2v) is 9.02. The Morgan fingerprint density at radius 3 is 2.17 bits per heavy atom. The quantitative estimate of drug-likeness (QED) is 0.384. The van der Waals surface area contributed by atoms with E-state index in [1.54, 1.807) is 24.3 Å². The van der Waals surface area contributed by atoms with E-state index in [9.17, 15) is 24.6 Å². The lowest BCUT2D eigenvalue weighted by molar-refractivity contribution is -0.146. The fourth-order valence-electron chi connectivity index (χ4n) is 4.49. The smallest absolute Gasteiger partial charge is 0.326 e. The standard InChI is InChI=1S/C28H29N3O5/c29-23(14-19-10-12-22(32)13-11-19)27(34)31-17-21-9-5-4-8-20(21)16-25(31)26(33)30-24(28(35)36)15-18-6-2-1-3-7-18/h1-13,23-25,32H,14-17,29H2,(H,30,33)(H,35,36). The van der Waals surface area contributed by atoms with E-state index in [1.165, 1.54) is 17.0 Å². The van der Waals surface area contributed by atoms with Crippen molar-refractivity contribution in [1.82, 2.24) is 10.2 Å². The molecular weight excluding hydrogens is 458 g/mol. The van der Waals surface area contributed by atoms with Crippen LogP contribution in [0.5, 0.6) is 5.75 Å². The normalized spacial score (nSPS) is 16.5. The molecule has 4 rings (SSSR count). The minimum Gasteiger partial charge on any atom is -0.508 e. The number of amides is 2. The van der Waals surface area contributed by atoms with Crippen molar-refractivity contribution >= 4 is 17.8 Å². The number of nitrogens with zero attached hydrogens (tertiary/aromatic N) is 1. The van der Waals surface area contributed by atoms with E-state index in [2.05, 4.69) is 5.32 Å². The highest BCUT2D eigenvalue weighted by atomic mass is 16.4. The molecular formula is C28H29N3O5. The molecule has 0 saturated carbocycles. The topological polar surface area (TPSA) is 133 Å². The molecule has 36 heavy (non-hydrogen) atoms. The first kappa shape index (κ1) is 24.9. The second kappa shape index (κ2) is 11.0. The molecule has 1 aliphatic rings. The van der Waals surface area contributed by atoms with Crippen LogP contribution in [0.4, 0.5) is 0 Å². The summed E-state index contributed by atoms with van der Waals surface area (Å²) in [7, 11) is 0. The highest BCUT2D eigenvalue weighted by Crippen LogP contribution is 2.25. The molecule has 0 aromatic heterocycles. The summed E-state index contributed by atoms with van der Waals surface area (Å²) in [6, 6.07) is 20.1. The number of aromatic hydroxyl groups is 1. The first-order valence-corrected chi connectivity index (χ1v) is 11.8. The summed E-state index contributed by atoms with van der Waals surface area (Å²) in [4.78, 5) is 40.3. The number of hydrogen-bond donors (Lipinski definition) is 4. The average molecular weight is 488 g/mol. The van der Waals surface area contributed by atoms with Gasteiger partial charge >= 0.3 is 5.97 Å². The van der Waals surface area contributed by atoms with Gasteiger partial charge < -0.3 is 26.2 Å². The van der Waals surface area contributed by atoms with Crippen LogP contribution < -0.4 is 11.1 Å². The van der Waals surface area contributed by atoms with Gasteiger partial charge in [0.05, 0.1) is 6.04 Å². The van der Waals surface area contributed by atoms with Crippen molar-refractivity contribution in [2.24, 2.45) is 5.73 Å². The first-order valence-electron chi connectivity index (χ1n) is 11.8. The van der Waals surface area contributed by atoms with Gasteiger partial charge in [-0.25, -0.2) is 4.79 Å². The van der Waals surface area contributed by atoms with Gasteiger partial charge in [0.15, 0.2) is 0 Å². The summed E-state index contributed by atoms with van der Waals surface area (Å²) < 4.78 is 0. The molecule has 8 heteroatoms. The van der Waals surface area contributed by atoms with Crippen molar-refractivity contribution in [2.75, 3.05) is 0 Å². The molecule has 3 aromatic carbocycles. The summed E-state index contributed by atoms with van der Waals surface area (Å²) in [5, 5.41) is 21.9. The first-order chi connectivity index (χ1) is 17.3. The third-order valence-electron chi connectivity index (χ3n) is 6.44. The van der Waals surface area contributed by atoms with Crippen molar-refractivity contribution in [2.45, 2.75) is 43.9 Å². The van der Waals surface area contributed by atoms with E-state index in [0.717, 1.165) is 22.3 Å². The van der Waals surface area contributed by atoms with Crippen LogP contribution >= 0.6 is 0 Å². The Hall–Kier alpha value is -4.17. The molecule has 3 atom stereocenters. The summed E-state index contributed by atoms with van der Waals surface area (Å²) in [6.45, 7) is 0.201.